The number of ether oxygens (including phenoxy) is 1. The molecule has 0 amide bonds. The summed E-state index contributed by atoms with van der Waals surface area (Å²) >= 11 is -1.81. The monoisotopic (exact) mass is 441 g/mol. The van der Waals surface area contributed by atoms with Gasteiger partial charge in [0.05, 0.1) is 0 Å². The number of rotatable bonds is 2. The summed E-state index contributed by atoms with van der Waals surface area (Å²) in [5.74, 6) is 9.12. The van der Waals surface area contributed by atoms with Crippen molar-refractivity contribution in [3.63, 3.8) is 0 Å². The maximum atomic E-state index is 6.44. The predicted octanol–water partition coefficient (Wildman–Crippen LogP) is 6.84. The Bertz CT molecular complexity index is 1270. The summed E-state index contributed by atoms with van der Waals surface area (Å²) in [7, 11) is 0. The van der Waals surface area contributed by atoms with Crippen molar-refractivity contribution in [1.82, 2.24) is 4.98 Å². The van der Waals surface area contributed by atoms with Crippen molar-refractivity contribution in [3.05, 3.63) is 71.9 Å². The van der Waals surface area contributed by atoms with Crippen LogP contribution in [0.15, 0.2) is 60.8 Å². The Hall–Kier alpha value is -2.59. The van der Waals surface area contributed by atoms with Gasteiger partial charge >= 0.3 is 168 Å². The summed E-state index contributed by atoms with van der Waals surface area (Å²) in [5.41, 5.74) is 6.91. The molecule has 0 radical (unpaired) electrons. The molecule has 0 atom stereocenters. The van der Waals surface area contributed by atoms with Gasteiger partial charge in [0, 0.05) is 0 Å². The van der Waals surface area contributed by atoms with E-state index in [4.69, 9.17) is 9.72 Å². The molecule has 1 aromatic heterocycles. The Balaban J connectivity index is 1.70. The first-order chi connectivity index (χ1) is 13.8. The van der Waals surface area contributed by atoms with Crippen LogP contribution < -0.4 is 9.13 Å². The molecule has 2 nitrogen and oxygen atoms in total. The third kappa shape index (κ3) is 3.07. The predicted molar refractivity (Wildman–Crippen MR) is 125 cm³/mol. The number of nitrogens with zero attached hydrogens (tertiary/aromatic N) is 1. The topological polar surface area (TPSA) is 22.1 Å². The average Bonchev–Trinajstić information content (AvgIpc) is 2.68. The van der Waals surface area contributed by atoms with E-state index in [0.29, 0.717) is 0 Å². The fraction of sp³-hybridized carbons (Fsp3) is 0.192. The number of aryl methyl sites for hydroxylation is 2. The first kappa shape index (κ1) is 18.4. The Morgan fingerprint density at radius 1 is 0.828 bits per heavy atom. The summed E-state index contributed by atoms with van der Waals surface area (Å²) in [6.07, 6.45) is 1.91. The molecular weight excluding hydrogens is 415 g/mol. The van der Waals surface area contributed by atoms with Crippen LogP contribution in [0.5, 0.6) is 11.5 Å². The molecule has 144 valence electrons. The van der Waals surface area contributed by atoms with Crippen LogP contribution in [0, 0.1) is 13.8 Å². The molecule has 0 saturated carbocycles. The zero-order chi connectivity index (χ0) is 20.3. The molecule has 0 fully saturated rings. The van der Waals surface area contributed by atoms with Crippen molar-refractivity contribution < 1.29 is 4.74 Å². The van der Waals surface area contributed by atoms with Gasteiger partial charge in [0.25, 0.3) is 0 Å². The quantitative estimate of drug-likeness (QED) is 0.281. The number of pyridine rings is 1. The zero-order valence-electron chi connectivity index (χ0n) is 17.6. The number of fused-ring (bicyclic) bond motifs is 2. The van der Waals surface area contributed by atoms with Crippen LogP contribution in [0.25, 0.3) is 33.2 Å². The van der Waals surface area contributed by atoms with E-state index in [1.807, 2.05) is 6.20 Å². The van der Waals surface area contributed by atoms with Crippen LogP contribution in [0.1, 0.15) is 11.1 Å². The SMILES string of the molecule is Cc1cc(C)c2c(c1)-c1nccc3cc(-c4cc[c]([Ge]([CH3])([CH3])[CH3])cc4)cc(c13)O2. The summed E-state index contributed by atoms with van der Waals surface area (Å²) in [6.45, 7) is 4.23. The third-order valence-corrected chi connectivity index (χ3v) is 10.1. The van der Waals surface area contributed by atoms with E-state index >= 15 is 0 Å². The molecule has 0 N–H and O–H groups in total. The Labute approximate surface area is 174 Å². The molecule has 1 aliphatic heterocycles. The van der Waals surface area contributed by atoms with E-state index in [2.05, 4.69) is 85.7 Å². The van der Waals surface area contributed by atoms with Gasteiger partial charge in [0.15, 0.2) is 0 Å². The molecule has 1 aliphatic rings. The van der Waals surface area contributed by atoms with Gasteiger partial charge in [0.2, 0.25) is 0 Å². The molecule has 29 heavy (non-hydrogen) atoms. The molecular formula is C26H25GeNO. The molecule has 2 heterocycles. The van der Waals surface area contributed by atoms with Crippen molar-refractivity contribution in [2.75, 3.05) is 0 Å². The van der Waals surface area contributed by atoms with Gasteiger partial charge in [-0.15, -0.1) is 0 Å². The van der Waals surface area contributed by atoms with E-state index in [1.165, 1.54) is 26.5 Å². The van der Waals surface area contributed by atoms with E-state index in [-0.39, 0.29) is 0 Å². The molecule has 0 unspecified atom stereocenters. The maximum absolute atomic E-state index is 6.44. The summed E-state index contributed by atoms with van der Waals surface area (Å²) < 4.78 is 7.97. The van der Waals surface area contributed by atoms with Gasteiger partial charge < -0.3 is 0 Å². The van der Waals surface area contributed by atoms with Crippen molar-refractivity contribution in [1.29, 1.82) is 0 Å². The summed E-state index contributed by atoms with van der Waals surface area (Å²) in [5, 5.41) is 2.28. The van der Waals surface area contributed by atoms with Crippen LogP contribution in [-0.2, 0) is 0 Å². The number of hydrogen-bond acceptors (Lipinski definition) is 2. The van der Waals surface area contributed by atoms with Crippen molar-refractivity contribution in [3.8, 4) is 33.9 Å². The number of hydrogen-bond donors (Lipinski definition) is 0. The second-order valence-electron chi connectivity index (χ2n) is 9.12. The summed E-state index contributed by atoms with van der Waals surface area (Å²) in [4.78, 5) is 4.73. The van der Waals surface area contributed by atoms with Crippen LogP contribution in [-0.4, -0.2) is 18.3 Å². The van der Waals surface area contributed by atoms with Gasteiger partial charge in [-0.25, -0.2) is 0 Å². The van der Waals surface area contributed by atoms with E-state index in [9.17, 15) is 0 Å². The normalized spacial score (nSPS) is 12.6. The van der Waals surface area contributed by atoms with Crippen LogP contribution in [0.2, 0.25) is 17.3 Å². The molecule has 5 rings (SSSR count). The molecule has 0 saturated heterocycles. The van der Waals surface area contributed by atoms with Gasteiger partial charge in [-0.3, -0.25) is 0 Å². The molecule has 3 aromatic carbocycles. The first-order valence-corrected chi connectivity index (χ1v) is 17.5. The van der Waals surface area contributed by atoms with Crippen LogP contribution in [0.3, 0.4) is 0 Å². The molecule has 0 aliphatic carbocycles. The molecule has 3 heteroatoms. The zero-order valence-corrected chi connectivity index (χ0v) is 19.7. The van der Waals surface area contributed by atoms with E-state index in [1.54, 1.807) is 0 Å². The van der Waals surface area contributed by atoms with Gasteiger partial charge in [-0.2, -0.15) is 0 Å². The molecule has 0 bridgehead atoms. The Morgan fingerprint density at radius 2 is 1.59 bits per heavy atom. The van der Waals surface area contributed by atoms with Gasteiger partial charge in [0.1, 0.15) is 0 Å². The van der Waals surface area contributed by atoms with E-state index in [0.717, 1.165) is 33.7 Å². The van der Waals surface area contributed by atoms with Crippen molar-refractivity contribution in [2.45, 2.75) is 31.1 Å². The average molecular weight is 440 g/mol. The van der Waals surface area contributed by atoms with Gasteiger partial charge in [-0.05, 0) is 6.92 Å². The fourth-order valence-electron chi connectivity index (χ4n) is 4.27. The van der Waals surface area contributed by atoms with Crippen LogP contribution >= 0.6 is 0 Å². The van der Waals surface area contributed by atoms with Crippen molar-refractivity contribution in [2.24, 2.45) is 0 Å². The molecule has 4 aromatic rings. The second-order valence-corrected chi connectivity index (χ2v) is 19.8. The minimum atomic E-state index is -1.81. The Kier molecular flexibility index (Phi) is 4.11. The Morgan fingerprint density at radius 3 is 2.31 bits per heavy atom. The summed E-state index contributed by atoms with van der Waals surface area (Å²) in [6, 6.07) is 20.0. The van der Waals surface area contributed by atoms with Gasteiger partial charge in [-0.1, -0.05) is 0 Å². The minimum absolute atomic E-state index is 0.901. The second kappa shape index (κ2) is 6.46. The molecule has 0 spiro atoms. The third-order valence-electron chi connectivity index (χ3n) is 5.80. The number of benzene rings is 3. The standard InChI is InChI=1S/C26H25GeNO/c1-16-12-17(2)26-22(13-16)25-24-19(10-11-28-25)14-20(15-23(24)29-26)18-6-8-21(9-7-18)27(3,4)5/h6-15H,1-5H3. The first-order valence-electron chi connectivity index (χ1n) is 10.1. The van der Waals surface area contributed by atoms with E-state index < -0.39 is 13.3 Å². The fourth-order valence-corrected chi connectivity index (χ4v) is 6.72. The number of aromatic nitrogens is 1. The van der Waals surface area contributed by atoms with Crippen molar-refractivity contribution >= 4 is 28.4 Å². The van der Waals surface area contributed by atoms with Crippen LogP contribution in [0.4, 0.5) is 0 Å².